The number of carbonyl (C=O) groups is 1. The van der Waals surface area contributed by atoms with Crippen molar-refractivity contribution in [3.63, 3.8) is 0 Å². The number of nitrogens with two attached hydrogens (primary N) is 1. The van der Waals surface area contributed by atoms with E-state index in [9.17, 15) is 4.79 Å². The molecule has 20 heavy (non-hydrogen) atoms. The van der Waals surface area contributed by atoms with Crippen molar-refractivity contribution in [2.45, 2.75) is 32.4 Å². The highest BCUT2D eigenvalue weighted by atomic mass is 16.2. The van der Waals surface area contributed by atoms with Gasteiger partial charge in [-0.1, -0.05) is 12.1 Å². The number of amides is 1. The van der Waals surface area contributed by atoms with E-state index < -0.39 is 0 Å². The summed E-state index contributed by atoms with van der Waals surface area (Å²) in [7, 11) is 0. The Morgan fingerprint density at radius 1 is 1.15 bits per heavy atom. The molecule has 1 aromatic heterocycles. The normalized spacial score (nSPS) is 15.8. The Hall–Kier alpha value is -1.81. The fraction of sp³-hybridized carbons (Fsp3) is 0.438. The molecule has 0 unspecified atom stereocenters. The molecule has 1 amide bonds. The molecule has 4 nitrogen and oxygen atoms in total. The van der Waals surface area contributed by atoms with Gasteiger partial charge >= 0.3 is 0 Å². The molecule has 2 N–H and O–H groups in total. The van der Waals surface area contributed by atoms with E-state index in [0.717, 1.165) is 42.4 Å². The first kappa shape index (κ1) is 13.2. The van der Waals surface area contributed by atoms with Crippen molar-refractivity contribution in [1.82, 2.24) is 9.47 Å². The van der Waals surface area contributed by atoms with Gasteiger partial charge in [0.25, 0.3) is 0 Å². The molecule has 1 saturated heterocycles. The molecular formula is C16H21N3O. The van der Waals surface area contributed by atoms with Crippen LogP contribution in [0.15, 0.2) is 30.5 Å². The van der Waals surface area contributed by atoms with Gasteiger partial charge < -0.3 is 15.2 Å². The molecule has 1 aliphatic rings. The lowest BCUT2D eigenvalue weighted by molar-refractivity contribution is -0.132. The van der Waals surface area contributed by atoms with Crippen LogP contribution in [-0.4, -0.2) is 28.5 Å². The summed E-state index contributed by atoms with van der Waals surface area (Å²) in [6, 6.07) is 8.25. The molecule has 0 aliphatic carbocycles. The van der Waals surface area contributed by atoms with Gasteiger partial charge in [-0.05, 0) is 42.3 Å². The Morgan fingerprint density at radius 3 is 2.70 bits per heavy atom. The van der Waals surface area contributed by atoms with Gasteiger partial charge in [-0.3, -0.25) is 4.79 Å². The second kappa shape index (κ2) is 5.67. The molecule has 0 bridgehead atoms. The lowest BCUT2D eigenvalue weighted by Crippen LogP contribution is -2.37. The summed E-state index contributed by atoms with van der Waals surface area (Å²) in [6.07, 6.45) is 5.51. The lowest BCUT2D eigenvalue weighted by atomic mass is 10.1. The summed E-state index contributed by atoms with van der Waals surface area (Å²) >= 11 is 0. The van der Waals surface area contributed by atoms with Crippen molar-refractivity contribution < 1.29 is 4.79 Å². The van der Waals surface area contributed by atoms with Gasteiger partial charge in [-0.25, -0.2) is 0 Å². The van der Waals surface area contributed by atoms with Crippen molar-refractivity contribution in [2.75, 3.05) is 13.1 Å². The summed E-state index contributed by atoms with van der Waals surface area (Å²) in [5.41, 5.74) is 7.89. The van der Waals surface area contributed by atoms with Gasteiger partial charge in [0, 0.05) is 31.3 Å². The van der Waals surface area contributed by atoms with Crippen LogP contribution >= 0.6 is 0 Å². The van der Waals surface area contributed by atoms with Gasteiger partial charge in [-0.2, -0.15) is 0 Å². The van der Waals surface area contributed by atoms with Crippen molar-refractivity contribution in [1.29, 1.82) is 0 Å². The smallest absolute Gasteiger partial charge is 0.242 e. The van der Waals surface area contributed by atoms with Crippen molar-refractivity contribution in [3.05, 3.63) is 36.0 Å². The second-order valence-electron chi connectivity index (χ2n) is 5.48. The molecule has 0 radical (unpaired) electrons. The van der Waals surface area contributed by atoms with Crippen LogP contribution in [0, 0.1) is 0 Å². The number of nitrogens with zero attached hydrogens (tertiary/aromatic N) is 2. The average molecular weight is 271 g/mol. The topological polar surface area (TPSA) is 51.3 Å². The van der Waals surface area contributed by atoms with Crippen LogP contribution < -0.4 is 5.73 Å². The van der Waals surface area contributed by atoms with Crippen molar-refractivity contribution in [2.24, 2.45) is 5.73 Å². The Labute approximate surface area is 119 Å². The van der Waals surface area contributed by atoms with E-state index in [1.54, 1.807) is 0 Å². The monoisotopic (exact) mass is 271 g/mol. The number of rotatable bonds is 3. The third-order valence-corrected chi connectivity index (χ3v) is 4.09. The van der Waals surface area contributed by atoms with E-state index in [1.807, 2.05) is 21.7 Å². The van der Waals surface area contributed by atoms with Crippen LogP contribution in [0.4, 0.5) is 0 Å². The quantitative estimate of drug-likeness (QED) is 0.929. The number of likely N-dealkylation sites (tertiary alicyclic amines) is 1. The minimum atomic E-state index is 0.223. The third-order valence-electron chi connectivity index (χ3n) is 4.09. The molecule has 4 heteroatoms. The Morgan fingerprint density at radius 2 is 1.95 bits per heavy atom. The molecule has 0 saturated carbocycles. The lowest BCUT2D eigenvalue weighted by Gasteiger charge is -2.27. The van der Waals surface area contributed by atoms with Crippen LogP contribution in [0.2, 0.25) is 0 Å². The van der Waals surface area contributed by atoms with E-state index in [0.29, 0.717) is 13.1 Å². The first-order valence-electron chi connectivity index (χ1n) is 7.33. The number of aromatic nitrogens is 1. The number of hydrogen-bond acceptors (Lipinski definition) is 2. The summed E-state index contributed by atoms with van der Waals surface area (Å²) in [4.78, 5) is 14.3. The molecule has 2 heterocycles. The summed E-state index contributed by atoms with van der Waals surface area (Å²) < 4.78 is 2.03. The Balaban J connectivity index is 1.81. The minimum absolute atomic E-state index is 0.223. The van der Waals surface area contributed by atoms with Crippen molar-refractivity contribution >= 4 is 16.8 Å². The number of piperidine rings is 1. The number of benzene rings is 1. The van der Waals surface area contributed by atoms with E-state index in [1.165, 1.54) is 6.42 Å². The molecule has 0 atom stereocenters. The molecule has 106 valence electrons. The summed E-state index contributed by atoms with van der Waals surface area (Å²) in [5.74, 6) is 0.223. The molecular weight excluding hydrogens is 250 g/mol. The minimum Gasteiger partial charge on any atom is -0.341 e. The van der Waals surface area contributed by atoms with Gasteiger partial charge in [0.15, 0.2) is 0 Å². The van der Waals surface area contributed by atoms with Crippen LogP contribution in [0.25, 0.3) is 10.9 Å². The predicted octanol–water partition coefficient (Wildman–Crippen LogP) is 2.11. The van der Waals surface area contributed by atoms with Crippen LogP contribution in [0.5, 0.6) is 0 Å². The van der Waals surface area contributed by atoms with E-state index in [-0.39, 0.29) is 5.91 Å². The fourth-order valence-electron chi connectivity index (χ4n) is 2.88. The highest BCUT2D eigenvalue weighted by molar-refractivity contribution is 5.84. The maximum absolute atomic E-state index is 12.3. The standard InChI is InChI=1S/C16H21N3O/c17-11-13-4-5-14-6-9-19(15(14)10-13)12-16(20)18-7-2-1-3-8-18/h4-6,9-10H,1-3,7-8,11-12,17H2. The molecule has 1 aromatic carbocycles. The highest BCUT2D eigenvalue weighted by Crippen LogP contribution is 2.18. The average Bonchev–Trinajstić information content (AvgIpc) is 2.90. The molecule has 0 spiro atoms. The highest BCUT2D eigenvalue weighted by Gasteiger charge is 2.17. The van der Waals surface area contributed by atoms with E-state index >= 15 is 0 Å². The van der Waals surface area contributed by atoms with E-state index in [2.05, 4.69) is 18.2 Å². The zero-order valence-electron chi connectivity index (χ0n) is 11.7. The zero-order valence-corrected chi connectivity index (χ0v) is 11.7. The largest absolute Gasteiger partial charge is 0.341 e. The SMILES string of the molecule is NCc1ccc2ccn(CC(=O)N3CCCCC3)c2c1. The zero-order chi connectivity index (χ0) is 13.9. The molecule has 1 aliphatic heterocycles. The van der Waals surface area contributed by atoms with E-state index in [4.69, 9.17) is 5.73 Å². The number of carbonyl (C=O) groups excluding carboxylic acids is 1. The second-order valence-corrected chi connectivity index (χ2v) is 5.48. The van der Waals surface area contributed by atoms with Gasteiger partial charge in [0.05, 0.1) is 0 Å². The van der Waals surface area contributed by atoms with Gasteiger partial charge in [0.1, 0.15) is 6.54 Å². The third kappa shape index (κ3) is 2.56. The first-order chi connectivity index (χ1) is 9.78. The molecule has 1 fully saturated rings. The number of hydrogen-bond donors (Lipinski definition) is 1. The van der Waals surface area contributed by atoms with Crippen LogP contribution in [0.1, 0.15) is 24.8 Å². The fourth-order valence-corrected chi connectivity index (χ4v) is 2.88. The van der Waals surface area contributed by atoms with Gasteiger partial charge in [-0.15, -0.1) is 0 Å². The molecule has 3 rings (SSSR count). The van der Waals surface area contributed by atoms with Gasteiger partial charge in [0.2, 0.25) is 5.91 Å². The summed E-state index contributed by atoms with van der Waals surface area (Å²) in [6.45, 7) is 2.77. The van der Waals surface area contributed by atoms with Crippen LogP contribution in [-0.2, 0) is 17.9 Å². The van der Waals surface area contributed by atoms with Crippen LogP contribution in [0.3, 0.4) is 0 Å². The maximum Gasteiger partial charge on any atom is 0.242 e. The Bertz CT molecular complexity index is 611. The first-order valence-corrected chi connectivity index (χ1v) is 7.33. The Kier molecular flexibility index (Phi) is 3.74. The summed E-state index contributed by atoms with van der Waals surface area (Å²) in [5, 5.41) is 1.16. The number of fused-ring (bicyclic) bond motifs is 1. The predicted molar refractivity (Wildman–Crippen MR) is 80.3 cm³/mol. The molecule has 2 aromatic rings. The maximum atomic E-state index is 12.3. The van der Waals surface area contributed by atoms with Crippen molar-refractivity contribution in [3.8, 4) is 0 Å².